The standard InChI is InChI=1S/C15H9N.Y/c1-2-6-12(7-3-1)15-11-16-10-13-8-4-5-9-14(13)15;/h1-6,8-10H;/q-2;. The molecule has 0 unspecified atom stereocenters. The Labute approximate surface area is 126 Å². The average Bonchev–Trinajstić information content (AvgIpc) is 2.39. The molecule has 0 saturated carbocycles. The number of hydrogen-bond acceptors (Lipinski definition) is 1. The molecule has 3 aromatic rings. The Kier molecular flexibility index (Phi) is 4.03. The molecule has 0 aliphatic carbocycles. The van der Waals surface area contributed by atoms with Crippen LogP contribution in [0.5, 0.6) is 0 Å². The smallest absolute Gasteiger partial charge is 0 e. The van der Waals surface area contributed by atoms with Gasteiger partial charge in [0.25, 0.3) is 0 Å². The molecule has 79 valence electrons. The largest absolute Gasteiger partial charge is 0.370 e. The van der Waals surface area contributed by atoms with E-state index in [2.05, 4.69) is 29.4 Å². The number of rotatable bonds is 1. The number of aromatic nitrogens is 1. The molecule has 17 heavy (non-hydrogen) atoms. The van der Waals surface area contributed by atoms with E-state index in [0.29, 0.717) is 0 Å². The van der Waals surface area contributed by atoms with E-state index in [1.165, 1.54) is 5.39 Å². The van der Waals surface area contributed by atoms with Gasteiger partial charge in [-0.3, -0.25) is 0 Å². The number of hydrogen-bond donors (Lipinski definition) is 0. The van der Waals surface area contributed by atoms with Crippen LogP contribution in [0.25, 0.3) is 21.9 Å². The third-order valence-electron chi connectivity index (χ3n) is 2.59. The molecule has 0 bridgehead atoms. The molecule has 1 nitrogen and oxygen atoms in total. The predicted octanol–water partition coefficient (Wildman–Crippen LogP) is 3.50. The first-order valence-electron chi connectivity index (χ1n) is 5.18. The topological polar surface area (TPSA) is 12.9 Å². The van der Waals surface area contributed by atoms with Crippen molar-refractivity contribution in [3.8, 4) is 11.1 Å². The Morgan fingerprint density at radius 1 is 0.941 bits per heavy atom. The van der Waals surface area contributed by atoms with E-state index in [1.807, 2.05) is 42.6 Å². The molecule has 0 spiro atoms. The molecule has 1 radical (unpaired) electrons. The first-order valence-corrected chi connectivity index (χ1v) is 5.18. The Bertz CT molecular complexity index is 615. The Morgan fingerprint density at radius 3 is 2.59 bits per heavy atom. The summed E-state index contributed by atoms with van der Waals surface area (Å²) in [5.74, 6) is 0. The summed E-state index contributed by atoms with van der Waals surface area (Å²) in [6.07, 6.45) is 4.88. The fourth-order valence-electron chi connectivity index (χ4n) is 1.82. The fourth-order valence-corrected chi connectivity index (χ4v) is 1.82. The van der Waals surface area contributed by atoms with Crippen LogP contribution >= 0.6 is 0 Å². The maximum Gasteiger partial charge on any atom is 0 e. The van der Waals surface area contributed by atoms with Gasteiger partial charge in [0.05, 0.1) is 0 Å². The summed E-state index contributed by atoms with van der Waals surface area (Å²) >= 11 is 0. The maximum absolute atomic E-state index is 4.14. The van der Waals surface area contributed by atoms with E-state index >= 15 is 0 Å². The van der Waals surface area contributed by atoms with Crippen molar-refractivity contribution in [2.24, 2.45) is 0 Å². The molecular weight excluding hydrogens is 283 g/mol. The van der Waals surface area contributed by atoms with E-state index in [9.17, 15) is 0 Å². The van der Waals surface area contributed by atoms with E-state index in [0.717, 1.165) is 16.5 Å². The Balaban J connectivity index is 0.00000108. The van der Waals surface area contributed by atoms with Gasteiger partial charge in [-0.25, -0.2) is 5.56 Å². The molecule has 1 heterocycles. The van der Waals surface area contributed by atoms with Crippen molar-refractivity contribution in [3.63, 3.8) is 0 Å². The van der Waals surface area contributed by atoms with Gasteiger partial charge in [-0.2, -0.15) is 29.8 Å². The van der Waals surface area contributed by atoms with Gasteiger partial charge in [0.1, 0.15) is 0 Å². The Morgan fingerprint density at radius 2 is 1.76 bits per heavy atom. The average molecular weight is 292 g/mol. The third-order valence-corrected chi connectivity index (χ3v) is 2.59. The zero-order valence-electron chi connectivity index (χ0n) is 9.22. The van der Waals surface area contributed by atoms with Crippen molar-refractivity contribution in [3.05, 3.63) is 67.0 Å². The molecular formula is C15H9NY-2. The van der Waals surface area contributed by atoms with Crippen molar-refractivity contribution in [1.82, 2.24) is 4.98 Å². The van der Waals surface area contributed by atoms with Gasteiger partial charge in [-0.15, -0.1) is 17.5 Å². The number of nitrogens with zero attached hydrogens (tertiary/aromatic N) is 1. The van der Waals surface area contributed by atoms with Crippen LogP contribution in [0.2, 0.25) is 0 Å². The molecule has 0 N–H and O–H groups in total. The molecule has 0 fully saturated rings. The van der Waals surface area contributed by atoms with E-state index in [-0.39, 0.29) is 32.7 Å². The predicted molar refractivity (Wildman–Crippen MR) is 64.9 cm³/mol. The first kappa shape index (κ1) is 12.4. The van der Waals surface area contributed by atoms with Gasteiger partial charge in [0, 0.05) is 32.7 Å². The minimum atomic E-state index is 0. The van der Waals surface area contributed by atoms with Crippen molar-refractivity contribution in [2.45, 2.75) is 0 Å². The summed E-state index contributed by atoms with van der Waals surface area (Å²) in [6, 6.07) is 19.3. The summed E-state index contributed by atoms with van der Waals surface area (Å²) in [5, 5.41) is 2.30. The minimum Gasteiger partial charge on any atom is -0.370 e. The van der Waals surface area contributed by atoms with E-state index < -0.39 is 0 Å². The van der Waals surface area contributed by atoms with Gasteiger partial charge in [0.15, 0.2) is 0 Å². The summed E-state index contributed by atoms with van der Waals surface area (Å²) in [5.41, 5.74) is 2.05. The van der Waals surface area contributed by atoms with Crippen molar-refractivity contribution in [2.75, 3.05) is 0 Å². The van der Waals surface area contributed by atoms with Crippen LogP contribution in [0.15, 0.2) is 54.7 Å². The summed E-state index contributed by atoms with van der Waals surface area (Å²) in [4.78, 5) is 4.14. The van der Waals surface area contributed by atoms with Crippen LogP contribution in [-0.2, 0) is 32.7 Å². The van der Waals surface area contributed by atoms with Crippen LogP contribution in [-0.4, -0.2) is 4.98 Å². The third kappa shape index (κ3) is 2.46. The monoisotopic (exact) mass is 292 g/mol. The quantitative estimate of drug-likeness (QED) is 0.626. The molecule has 3 rings (SSSR count). The molecule has 0 atom stereocenters. The van der Waals surface area contributed by atoms with Crippen molar-refractivity contribution < 1.29 is 32.7 Å². The molecule has 2 aromatic carbocycles. The SMILES string of the molecule is [Y].[c-]1ccccc1-c1[c-]ncc2ccccc12. The van der Waals surface area contributed by atoms with Crippen molar-refractivity contribution >= 4 is 10.8 Å². The molecule has 0 aliphatic heterocycles. The molecule has 0 amide bonds. The number of benzene rings is 2. The second-order valence-electron chi connectivity index (χ2n) is 3.61. The molecule has 2 heteroatoms. The second kappa shape index (κ2) is 5.53. The Hall–Kier alpha value is -1.05. The van der Waals surface area contributed by atoms with Gasteiger partial charge < -0.3 is 4.98 Å². The van der Waals surface area contributed by atoms with Crippen LogP contribution in [0.1, 0.15) is 0 Å². The molecule has 0 aliphatic rings. The van der Waals surface area contributed by atoms with Crippen molar-refractivity contribution in [1.29, 1.82) is 0 Å². The minimum absolute atomic E-state index is 0. The van der Waals surface area contributed by atoms with Gasteiger partial charge >= 0.3 is 0 Å². The number of fused-ring (bicyclic) bond motifs is 1. The van der Waals surface area contributed by atoms with Gasteiger partial charge in [-0.05, 0) is 0 Å². The zero-order valence-corrected chi connectivity index (χ0v) is 12.1. The summed E-state index contributed by atoms with van der Waals surface area (Å²) in [6.45, 7) is 0. The van der Waals surface area contributed by atoms with Crippen LogP contribution in [0.3, 0.4) is 0 Å². The maximum atomic E-state index is 4.14. The van der Waals surface area contributed by atoms with Crippen LogP contribution in [0, 0.1) is 12.3 Å². The number of pyridine rings is 1. The summed E-state index contributed by atoms with van der Waals surface area (Å²) < 4.78 is 0. The molecule has 1 aromatic heterocycles. The summed E-state index contributed by atoms with van der Waals surface area (Å²) in [7, 11) is 0. The van der Waals surface area contributed by atoms with Gasteiger partial charge in [0.2, 0.25) is 0 Å². The normalized spacial score (nSPS) is 9.88. The van der Waals surface area contributed by atoms with Gasteiger partial charge in [-0.1, -0.05) is 36.0 Å². The second-order valence-corrected chi connectivity index (χ2v) is 3.61. The van der Waals surface area contributed by atoms with Crippen LogP contribution in [0.4, 0.5) is 0 Å². The zero-order chi connectivity index (χ0) is 10.8. The first-order chi connectivity index (χ1) is 7.95. The van der Waals surface area contributed by atoms with E-state index in [4.69, 9.17) is 0 Å². The molecule has 0 saturated heterocycles. The van der Waals surface area contributed by atoms with E-state index in [1.54, 1.807) is 0 Å². The van der Waals surface area contributed by atoms with Crippen LogP contribution < -0.4 is 0 Å². The fraction of sp³-hybridized carbons (Fsp3) is 0.